The predicted octanol–water partition coefficient (Wildman–Crippen LogP) is 2.37. The predicted molar refractivity (Wildman–Crippen MR) is 66.4 cm³/mol. The molecule has 1 unspecified atom stereocenters. The molecule has 4 nitrogen and oxygen atoms in total. The van der Waals surface area contributed by atoms with Crippen molar-refractivity contribution in [2.75, 3.05) is 0 Å². The summed E-state index contributed by atoms with van der Waals surface area (Å²) >= 11 is 0. The Morgan fingerprint density at radius 1 is 1.15 bits per heavy atom. The van der Waals surface area contributed by atoms with Gasteiger partial charge in [0.25, 0.3) is 0 Å². The highest BCUT2D eigenvalue weighted by atomic mass is 19.3. The number of alkyl halides is 2. The summed E-state index contributed by atoms with van der Waals surface area (Å²) in [6.07, 6.45) is 2.52. The van der Waals surface area contributed by atoms with Gasteiger partial charge in [0.15, 0.2) is 0 Å². The minimum absolute atomic E-state index is 0.0229. The third-order valence-corrected chi connectivity index (χ3v) is 2.72. The molecule has 1 heterocycles. The van der Waals surface area contributed by atoms with Crippen LogP contribution >= 0.6 is 0 Å². The number of aromatic nitrogens is 1. The van der Waals surface area contributed by atoms with Crippen molar-refractivity contribution in [2.45, 2.75) is 12.7 Å². The van der Waals surface area contributed by atoms with Gasteiger partial charge in [-0.25, -0.2) is 9.82 Å². The van der Waals surface area contributed by atoms with E-state index in [0.717, 1.165) is 6.20 Å². The SMILES string of the molecule is NNC(c1ccc(OC(F)F)cc1)c1ccncc1F. The van der Waals surface area contributed by atoms with Crippen molar-refractivity contribution >= 4 is 0 Å². The van der Waals surface area contributed by atoms with Crippen LogP contribution in [0.1, 0.15) is 17.2 Å². The number of nitrogens with zero attached hydrogens (tertiary/aromatic N) is 1. The van der Waals surface area contributed by atoms with Gasteiger partial charge < -0.3 is 4.74 Å². The largest absolute Gasteiger partial charge is 0.435 e. The Kier molecular flexibility index (Phi) is 4.54. The normalized spacial score (nSPS) is 12.4. The van der Waals surface area contributed by atoms with Crippen LogP contribution in [-0.4, -0.2) is 11.6 Å². The molecule has 0 saturated heterocycles. The van der Waals surface area contributed by atoms with Crippen LogP contribution in [0.5, 0.6) is 5.75 Å². The Morgan fingerprint density at radius 2 is 1.85 bits per heavy atom. The summed E-state index contributed by atoms with van der Waals surface area (Å²) in [5.41, 5.74) is 3.40. The van der Waals surface area contributed by atoms with Gasteiger partial charge in [-0.2, -0.15) is 8.78 Å². The van der Waals surface area contributed by atoms with Crippen LogP contribution in [-0.2, 0) is 0 Å². The van der Waals surface area contributed by atoms with E-state index in [9.17, 15) is 13.2 Å². The van der Waals surface area contributed by atoms with Gasteiger partial charge in [0.05, 0.1) is 12.2 Å². The number of ether oxygens (including phenoxy) is 1. The van der Waals surface area contributed by atoms with E-state index in [1.807, 2.05) is 0 Å². The molecule has 1 atom stereocenters. The molecule has 0 saturated carbocycles. The van der Waals surface area contributed by atoms with Crippen LogP contribution in [0.2, 0.25) is 0 Å². The second-order valence-corrected chi connectivity index (χ2v) is 3.94. The van der Waals surface area contributed by atoms with Gasteiger partial charge in [-0.15, -0.1) is 0 Å². The number of hydrogen-bond acceptors (Lipinski definition) is 4. The van der Waals surface area contributed by atoms with Crippen LogP contribution < -0.4 is 16.0 Å². The average molecular weight is 283 g/mol. The van der Waals surface area contributed by atoms with Gasteiger partial charge in [0, 0.05) is 11.8 Å². The zero-order chi connectivity index (χ0) is 14.5. The van der Waals surface area contributed by atoms with Gasteiger partial charge in [-0.3, -0.25) is 10.8 Å². The number of halogens is 3. The molecule has 0 aliphatic carbocycles. The number of rotatable bonds is 5. The van der Waals surface area contributed by atoms with E-state index >= 15 is 0 Å². The number of benzene rings is 1. The first-order valence-corrected chi connectivity index (χ1v) is 5.72. The van der Waals surface area contributed by atoms with Crippen molar-refractivity contribution in [1.29, 1.82) is 0 Å². The standard InChI is InChI=1S/C13H12F3N3O/c14-11-7-18-6-5-10(11)12(19-17)8-1-3-9(4-2-8)20-13(15)16/h1-7,12-13,19H,17H2. The second-order valence-electron chi connectivity index (χ2n) is 3.94. The molecule has 0 bridgehead atoms. The van der Waals surface area contributed by atoms with Gasteiger partial charge in [0.1, 0.15) is 11.6 Å². The Labute approximate surface area is 113 Å². The van der Waals surface area contributed by atoms with Crippen LogP contribution in [0.25, 0.3) is 0 Å². The molecule has 2 aromatic rings. The summed E-state index contributed by atoms with van der Waals surface area (Å²) in [7, 11) is 0. The number of nitrogens with two attached hydrogens (primary N) is 1. The smallest absolute Gasteiger partial charge is 0.387 e. The summed E-state index contributed by atoms with van der Waals surface area (Å²) in [5.74, 6) is 4.95. The molecule has 0 aliphatic rings. The Hall–Kier alpha value is -2.12. The third kappa shape index (κ3) is 3.25. The molecule has 0 spiro atoms. The van der Waals surface area contributed by atoms with Crippen LogP contribution in [0.3, 0.4) is 0 Å². The van der Waals surface area contributed by atoms with E-state index in [2.05, 4.69) is 15.1 Å². The molecule has 0 aliphatic heterocycles. The molecule has 0 amide bonds. The average Bonchev–Trinajstić information content (AvgIpc) is 2.43. The molecule has 3 N–H and O–H groups in total. The van der Waals surface area contributed by atoms with Crippen molar-refractivity contribution in [3.63, 3.8) is 0 Å². The number of hydrogen-bond donors (Lipinski definition) is 2. The maximum absolute atomic E-state index is 13.7. The number of pyridine rings is 1. The summed E-state index contributed by atoms with van der Waals surface area (Å²) in [6, 6.07) is 6.67. The maximum Gasteiger partial charge on any atom is 0.387 e. The molecule has 1 aromatic heterocycles. The fraction of sp³-hybridized carbons (Fsp3) is 0.154. The maximum atomic E-state index is 13.7. The Bertz CT molecular complexity index is 563. The fourth-order valence-corrected chi connectivity index (χ4v) is 1.83. The highest BCUT2D eigenvalue weighted by molar-refractivity contribution is 5.35. The van der Waals surface area contributed by atoms with Crippen molar-refractivity contribution < 1.29 is 17.9 Å². The van der Waals surface area contributed by atoms with E-state index < -0.39 is 18.5 Å². The minimum Gasteiger partial charge on any atom is -0.435 e. The number of nitrogens with one attached hydrogen (secondary N) is 1. The van der Waals surface area contributed by atoms with Crippen molar-refractivity contribution in [3.8, 4) is 5.75 Å². The second kappa shape index (κ2) is 6.36. The van der Waals surface area contributed by atoms with E-state index in [0.29, 0.717) is 11.1 Å². The first kappa shape index (κ1) is 14.3. The molecule has 106 valence electrons. The highest BCUT2D eigenvalue weighted by Crippen LogP contribution is 2.25. The van der Waals surface area contributed by atoms with Gasteiger partial charge in [-0.1, -0.05) is 12.1 Å². The Morgan fingerprint density at radius 3 is 2.40 bits per heavy atom. The lowest BCUT2D eigenvalue weighted by molar-refractivity contribution is -0.0498. The van der Waals surface area contributed by atoms with Crippen LogP contribution in [0.15, 0.2) is 42.7 Å². The Balaban J connectivity index is 2.26. The quantitative estimate of drug-likeness (QED) is 0.653. The summed E-state index contributed by atoms with van der Waals surface area (Å²) in [5, 5.41) is 0. The van der Waals surface area contributed by atoms with E-state index in [-0.39, 0.29) is 5.75 Å². The monoisotopic (exact) mass is 283 g/mol. The molecule has 7 heteroatoms. The zero-order valence-electron chi connectivity index (χ0n) is 10.3. The van der Waals surface area contributed by atoms with Crippen LogP contribution in [0.4, 0.5) is 13.2 Å². The molecular weight excluding hydrogens is 271 g/mol. The van der Waals surface area contributed by atoms with E-state index in [1.54, 1.807) is 0 Å². The minimum atomic E-state index is -2.89. The lowest BCUT2D eigenvalue weighted by Gasteiger charge is -2.17. The van der Waals surface area contributed by atoms with Crippen molar-refractivity contribution in [1.82, 2.24) is 10.4 Å². The molecule has 0 fully saturated rings. The molecule has 1 aromatic carbocycles. The van der Waals surface area contributed by atoms with Crippen LogP contribution in [0, 0.1) is 5.82 Å². The highest BCUT2D eigenvalue weighted by Gasteiger charge is 2.16. The third-order valence-electron chi connectivity index (χ3n) is 2.72. The first-order valence-electron chi connectivity index (χ1n) is 5.72. The van der Waals surface area contributed by atoms with Gasteiger partial charge in [0.2, 0.25) is 0 Å². The first-order chi connectivity index (χ1) is 9.61. The summed E-state index contributed by atoms with van der Waals surface area (Å²) in [6.45, 7) is -2.89. The fourth-order valence-electron chi connectivity index (χ4n) is 1.83. The zero-order valence-corrected chi connectivity index (χ0v) is 10.3. The molecule has 0 radical (unpaired) electrons. The van der Waals surface area contributed by atoms with Gasteiger partial charge >= 0.3 is 6.61 Å². The summed E-state index contributed by atoms with van der Waals surface area (Å²) < 4.78 is 42.0. The van der Waals surface area contributed by atoms with E-state index in [1.165, 1.54) is 36.5 Å². The summed E-state index contributed by atoms with van der Waals surface area (Å²) in [4.78, 5) is 3.66. The van der Waals surface area contributed by atoms with Gasteiger partial charge in [-0.05, 0) is 23.8 Å². The van der Waals surface area contributed by atoms with Crippen molar-refractivity contribution in [3.05, 3.63) is 59.7 Å². The molecule has 2 rings (SSSR count). The molecular formula is C13H12F3N3O. The lowest BCUT2D eigenvalue weighted by Crippen LogP contribution is -2.29. The topological polar surface area (TPSA) is 60.2 Å². The van der Waals surface area contributed by atoms with Crippen molar-refractivity contribution in [2.24, 2.45) is 5.84 Å². The van der Waals surface area contributed by atoms with E-state index in [4.69, 9.17) is 5.84 Å². The number of hydrazine groups is 1. The lowest BCUT2D eigenvalue weighted by atomic mass is 10.00. The molecule has 20 heavy (non-hydrogen) atoms.